The van der Waals surface area contributed by atoms with Crippen LogP contribution >= 0.6 is 0 Å². The molecule has 2 aliphatic heterocycles. The summed E-state index contributed by atoms with van der Waals surface area (Å²) in [5.74, 6) is -0.0836. The van der Waals surface area contributed by atoms with Crippen LogP contribution < -0.4 is 5.73 Å². The molecule has 1 aromatic carbocycles. The molecule has 2 amide bonds. The van der Waals surface area contributed by atoms with E-state index in [1.165, 1.54) is 11.1 Å². The first-order chi connectivity index (χ1) is 11.6. The number of aryl methyl sites for hydroxylation is 1. The number of nitrogens with two attached hydrogens (primary N) is 1. The number of carbonyl (C=O) groups excluding carboxylic acids is 2. The highest BCUT2D eigenvalue weighted by Crippen LogP contribution is 2.35. The summed E-state index contributed by atoms with van der Waals surface area (Å²) in [5.41, 5.74) is 7.83. The molecule has 130 valence electrons. The lowest BCUT2D eigenvalue weighted by molar-refractivity contribution is -0.139. The summed E-state index contributed by atoms with van der Waals surface area (Å²) in [6.45, 7) is 4.72. The molecule has 0 spiro atoms. The van der Waals surface area contributed by atoms with Gasteiger partial charge in [0.1, 0.15) is 0 Å². The molecule has 0 aromatic heterocycles. The Morgan fingerprint density at radius 2 is 1.92 bits per heavy atom. The van der Waals surface area contributed by atoms with Crippen molar-refractivity contribution in [2.24, 2.45) is 11.7 Å². The minimum atomic E-state index is -0.318. The van der Waals surface area contributed by atoms with Gasteiger partial charge in [-0.25, -0.2) is 0 Å². The molecule has 0 radical (unpaired) electrons. The summed E-state index contributed by atoms with van der Waals surface area (Å²) in [5, 5.41) is 0. The third-order valence-electron chi connectivity index (χ3n) is 5.32. The van der Waals surface area contributed by atoms with Crippen LogP contribution in [-0.4, -0.2) is 47.8 Å². The number of carbonyl (C=O) groups is 2. The topological polar surface area (TPSA) is 66.6 Å². The molecule has 0 aliphatic carbocycles. The highest BCUT2D eigenvalue weighted by molar-refractivity contribution is 5.80. The Hall–Kier alpha value is -1.88. The van der Waals surface area contributed by atoms with Crippen LogP contribution in [0, 0.1) is 12.8 Å². The fourth-order valence-electron chi connectivity index (χ4n) is 4.17. The Balaban J connectivity index is 1.71. The van der Waals surface area contributed by atoms with E-state index in [9.17, 15) is 9.59 Å². The molecule has 3 rings (SSSR count). The molecule has 2 saturated heterocycles. The molecule has 2 N–H and O–H groups in total. The van der Waals surface area contributed by atoms with Crippen molar-refractivity contribution in [2.75, 3.05) is 26.2 Å². The zero-order chi connectivity index (χ0) is 17.1. The first-order valence-electron chi connectivity index (χ1n) is 8.93. The van der Waals surface area contributed by atoms with Crippen LogP contribution in [0.4, 0.5) is 0 Å². The monoisotopic (exact) mass is 329 g/mol. The van der Waals surface area contributed by atoms with Crippen LogP contribution in [-0.2, 0) is 9.59 Å². The van der Waals surface area contributed by atoms with E-state index in [4.69, 9.17) is 5.73 Å². The van der Waals surface area contributed by atoms with Crippen molar-refractivity contribution < 1.29 is 9.59 Å². The maximum Gasteiger partial charge on any atom is 0.231 e. The lowest BCUT2D eigenvalue weighted by atomic mass is 9.94. The molecule has 24 heavy (non-hydrogen) atoms. The Kier molecular flexibility index (Phi) is 5.19. The van der Waals surface area contributed by atoms with Crippen molar-refractivity contribution in [2.45, 2.75) is 38.6 Å². The van der Waals surface area contributed by atoms with Gasteiger partial charge < -0.3 is 10.6 Å². The standard InChI is InChI=1S/C19H27N3O2/c1-14-6-2-3-8-16(14)17-9-5-11-22(17)19(24)15-7-4-10-21(12-15)13-18(20)23/h2-3,6,8,15,17H,4-5,7,9-13H2,1H3,(H2,20,23). The van der Waals surface area contributed by atoms with E-state index in [2.05, 4.69) is 30.0 Å². The lowest BCUT2D eigenvalue weighted by Gasteiger charge is -2.35. The van der Waals surface area contributed by atoms with E-state index >= 15 is 0 Å². The fourth-order valence-corrected chi connectivity index (χ4v) is 4.17. The van der Waals surface area contributed by atoms with Gasteiger partial charge in [0.15, 0.2) is 0 Å². The summed E-state index contributed by atoms with van der Waals surface area (Å²) >= 11 is 0. The zero-order valence-electron chi connectivity index (χ0n) is 14.4. The van der Waals surface area contributed by atoms with Gasteiger partial charge in [0, 0.05) is 13.1 Å². The second-order valence-corrected chi connectivity index (χ2v) is 7.09. The summed E-state index contributed by atoms with van der Waals surface area (Å²) in [6.07, 6.45) is 3.95. The van der Waals surface area contributed by atoms with Gasteiger partial charge in [0.2, 0.25) is 11.8 Å². The molecule has 2 aliphatic rings. The van der Waals surface area contributed by atoms with Crippen LogP contribution in [0.15, 0.2) is 24.3 Å². The minimum Gasteiger partial charge on any atom is -0.369 e. The summed E-state index contributed by atoms with van der Waals surface area (Å²) < 4.78 is 0. The molecular weight excluding hydrogens is 302 g/mol. The Labute approximate surface area is 143 Å². The van der Waals surface area contributed by atoms with Gasteiger partial charge in [0.05, 0.1) is 18.5 Å². The van der Waals surface area contributed by atoms with Crippen molar-refractivity contribution in [3.63, 3.8) is 0 Å². The first-order valence-corrected chi connectivity index (χ1v) is 8.93. The third kappa shape index (κ3) is 3.61. The molecule has 2 unspecified atom stereocenters. The van der Waals surface area contributed by atoms with E-state index in [1.807, 2.05) is 11.0 Å². The molecular formula is C19H27N3O2. The molecule has 0 saturated carbocycles. The van der Waals surface area contributed by atoms with E-state index in [0.29, 0.717) is 6.54 Å². The predicted octanol–water partition coefficient (Wildman–Crippen LogP) is 1.86. The maximum absolute atomic E-state index is 13.1. The highest BCUT2D eigenvalue weighted by atomic mass is 16.2. The van der Waals surface area contributed by atoms with Gasteiger partial charge in [-0.1, -0.05) is 24.3 Å². The number of piperidine rings is 1. The fraction of sp³-hybridized carbons (Fsp3) is 0.579. The van der Waals surface area contributed by atoms with Crippen LogP contribution in [0.1, 0.15) is 42.9 Å². The number of primary amides is 1. The van der Waals surface area contributed by atoms with E-state index in [1.54, 1.807) is 0 Å². The van der Waals surface area contributed by atoms with Crippen LogP contribution in [0.2, 0.25) is 0 Å². The number of nitrogens with zero attached hydrogens (tertiary/aromatic N) is 2. The second-order valence-electron chi connectivity index (χ2n) is 7.09. The summed E-state index contributed by atoms with van der Waals surface area (Å²) in [7, 11) is 0. The molecule has 5 heteroatoms. The van der Waals surface area contributed by atoms with Gasteiger partial charge in [-0.05, 0) is 50.3 Å². The zero-order valence-corrected chi connectivity index (χ0v) is 14.4. The smallest absolute Gasteiger partial charge is 0.231 e. The van der Waals surface area contributed by atoms with Gasteiger partial charge in [-0.3, -0.25) is 14.5 Å². The van der Waals surface area contributed by atoms with E-state index < -0.39 is 0 Å². The number of likely N-dealkylation sites (tertiary alicyclic amines) is 2. The highest BCUT2D eigenvalue weighted by Gasteiger charge is 2.36. The second kappa shape index (κ2) is 7.34. The van der Waals surface area contributed by atoms with Crippen LogP contribution in [0.25, 0.3) is 0 Å². The first kappa shape index (κ1) is 17.0. The molecule has 2 fully saturated rings. The van der Waals surface area contributed by atoms with Crippen LogP contribution in [0.3, 0.4) is 0 Å². The maximum atomic E-state index is 13.1. The van der Waals surface area contributed by atoms with Gasteiger partial charge >= 0.3 is 0 Å². The predicted molar refractivity (Wildman–Crippen MR) is 93.2 cm³/mol. The number of amides is 2. The number of hydrogen-bond acceptors (Lipinski definition) is 3. The van der Waals surface area contributed by atoms with Crippen molar-refractivity contribution in [3.8, 4) is 0 Å². The normalized spacial score (nSPS) is 25.0. The molecule has 5 nitrogen and oxygen atoms in total. The largest absolute Gasteiger partial charge is 0.369 e. The van der Waals surface area contributed by atoms with Crippen molar-refractivity contribution >= 4 is 11.8 Å². The Morgan fingerprint density at radius 1 is 1.17 bits per heavy atom. The van der Waals surface area contributed by atoms with Gasteiger partial charge in [-0.2, -0.15) is 0 Å². The molecule has 0 bridgehead atoms. The summed E-state index contributed by atoms with van der Waals surface area (Å²) in [4.78, 5) is 28.4. The van der Waals surface area contributed by atoms with Gasteiger partial charge in [-0.15, -0.1) is 0 Å². The number of rotatable bonds is 4. The number of benzene rings is 1. The average molecular weight is 329 g/mol. The SMILES string of the molecule is Cc1ccccc1C1CCCN1C(=O)C1CCCN(CC(N)=O)C1. The van der Waals surface area contributed by atoms with E-state index in [-0.39, 0.29) is 30.3 Å². The Morgan fingerprint density at radius 3 is 2.67 bits per heavy atom. The summed E-state index contributed by atoms with van der Waals surface area (Å²) in [6, 6.07) is 8.56. The van der Waals surface area contributed by atoms with Gasteiger partial charge in [0.25, 0.3) is 0 Å². The quantitative estimate of drug-likeness (QED) is 0.917. The molecule has 2 heterocycles. The minimum absolute atomic E-state index is 0.0114. The Bertz CT molecular complexity index is 616. The van der Waals surface area contributed by atoms with Crippen molar-refractivity contribution in [3.05, 3.63) is 35.4 Å². The number of hydrogen-bond donors (Lipinski definition) is 1. The van der Waals surface area contributed by atoms with Crippen molar-refractivity contribution in [1.82, 2.24) is 9.80 Å². The van der Waals surface area contributed by atoms with Crippen molar-refractivity contribution in [1.29, 1.82) is 0 Å². The lowest BCUT2D eigenvalue weighted by Crippen LogP contribution is -2.46. The molecule has 2 atom stereocenters. The third-order valence-corrected chi connectivity index (χ3v) is 5.32. The molecule has 1 aromatic rings. The average Bonchev–Trinajstić information content (AvgIpc) is 3.03. The van der Waals surface area contributed by atoms with E-state index in [0.717, 1.165) is 38.8 Å². The van der Waals surface area contributed by atoms with Crippen LogP contribution in [0.5, 0.6) is 0 Å².